The molecule has 0 saturated carbocycles. The van der Waals surface area contributed by atoms with Crippen molar-refractivity contribution in [2.24, 2.45) is 10.8 Å². The number of hydrogen-bond acceptors (Lipinski definition) is 4. The Bertz CT molecular complexity index is 1240. The Kier molecular flexibility index (Phi) is 10.7. The van der Waals surface area contributed by atoms with Crippen molar-refractivity contribution in [3.8, 4) is 17.0 Å². The summed E-state index contributed by atoms with van der Waals surface area (Å²) in [5, 5.41) is 10.7. The maximum absolute atomic E-state index is 11.5. The van der Waals surface area contributed by atoms with E-state index in [1.54, 1.807) is 7.11 Å². The number of rotatable bonds is 3. The molecule has 4 nitrogen and oxygen atoms in total. The molecule has 0 aliphatic carbocycles. The van der Waals surface area contributed by atoms with Gasteiger partial charge in [0.1, 0.15) is 11.5 Å². The summed E-state index contributed by atoms with van der Waals surface area (Å²) in [6, 6.07) is 14.0. The van der Waals surface area contributed by atoms with Crippen LogP contribution in [0.4, 0.5) is 0 Å². The summed E-state index contributed by atoms with van der Waals surface area (Å²) in [5.41, 5.74) is 6.83. The van der Waals surface area contributed by atoms with E-state index in [1.165, 1.54) is 22.8 Å². The zero-order valence-corrected chi connectivity index (χ0v) is 25.9. The molecule has 0 aliphatic rings. The van der Waals surface area contributed by atoms with E-state index in [2.05, 4.69) is 64.1 Å². The molecule has 197 valence electrons. The van der Waals surface area contributed by atoms with Gasteiger partial charge in [0.05, 0.1) is 12.6 Å². The summed E-state index contributed by atoms with van der Waals surface area (Å²) in [6.07, 6.45) is 1.33. The number of pyridine rings is 1. The fourth-order valence-electron chi connectivity index (χ4n) is 3.54. The smallest absolute Gasteiger partial charge is 0.164 e. The molecule has 0 amide bonds. The van der Waals surface area contributed by atoms with E-state index in [0.717, 1.165) is 33.5 Å². The number of hydrogen-bond donors (Lipinski definition) is 1. The number of carbonyl (C=O) groups is 1. The predicted molar refractivity (Wildman–Crippen MR) is 146 cm³/mol. The molecule has 3 aromatic rings. The van der Waals surface area contributed by atoms with Crippen LogP contribution in [0.3, 0.4) is 0 Å². The Hall–Kier alpha value is -2.49. The minimum Gasteiger partial charge on any atom is -0.512 e. The normalized spacial score (nSPS) is 11.9. The van der Waals surface area contributed by atoms with Crippen LogP contribution in [-0.2, 0) is 24.9 Å². The van der Waals surface area contributed by atoms with Crippen LogP contribution in [0.5, 0.6) is 5.75 Å². The number of fused-ring (bicyclic) bond motifs is 1. The molecule has 1 radical (unpaired) electrons. The Morgan fingerprint density at radius 1 is 0.917 bits per heavy atom. The predicted octanol–water partition coefficient (Wildman–Crippen LogP) is 8.03. The number of aromatic nitrogens is 1. The standard InChI is InChI=1S/C20H20NO.C11H20O2.Ir/c1-12-6-13(2)9-16(8-12)20-19(22-5)11-17-15(4)7-14(3)10-18(17)21-20;1-10(2,3)8(12)7-9(13)11(4,5)6;/h6-8,10-11H,1-5H3;7,12H,1-6H3;/q-1;;/b;8-7-;. The Labute approximate surface area is 230 Å². The number of allylic oxidation sites excluding steroid dienone is 2. The minimum absolute atomic E-state index is 0. The first-order chi connectivity index (χ1) is 16.0. The fraction of sp³-hybridized carbons (Fsp3) is 0.419. The van der Waals surface area contributed by atoms with Crippen molar-refractivity contribution >= 4 is 16.7 Å². The number of benzene rings is 2. The summed E-state index contributed by atoms with van der Waals surface area (Å²) in [4.78, 5) is 16.3. The van der Waals surface area contributed by atoms with E-state index in [9.17, 15) is 9.90 Å². The zero-order valence-electron chi connectivity index (χ0n) is 23.5. The second-order valence-electron chi connectivity index (χ2n) is 11.3. The second-order valence-corrected chi connectivity index (χ2v) is 11.3. The van der Waals surface area contributed by atoms with Crippen LogP contribution in [-0.4, -0.2) is 23.0 Å². The molecule has 36 heavy (non-hydrogen) atoms. The average Bonchev–Trinajstić information content (AvgIpc) is 2.71. The summed E-state index contributed by atoms with van der Waals surface area (Å²) >= 11 is 0. The maximum atomic E-state index is 11.5. The van der Waals surface area contributed by atoms with Crippen LogP contribution < -0.4 is 4.74 Å². The van der Waals surface area contributed by atoms with Gasteiger partial charge in [-0.3, -0.25) is 9.78 Å². The fourth-order valence-corrected chi connectivity index (χ4v) is 3.54. The summed E-state index contributed by atoms with van der Waals surface area (Å²) < 4.78 is 5.59. The van der Waals surface area contributed by atoms with Crippen molar-refractivity contribution in [2.45, 2.75) is 69.2 Å². The van der Waals surface area contributed by atoms with Gasteiger partial charge in [-0.05, 0) is 37.1 Å². The number of aliphatic hydroxyl groups is 1. The van der Waals surface area contributed by atoms with Gasteiger partial charge in [-0.25, -0.2) is 0 Å². The molecule has 0 unspecified atom stereocenters. The SMILES string of the molecule is CC(C)(C)C(=O)/C=C(\O)C(C)(C)C.COc1cc2c(C)cc(C)cc2nc1-c1[c-]c(C)cc(C)c1.[Ir]. The van der Waals surface area contributed by atoms with E-state index in [4.69, 9.17) is 9.72 Å². The molecule has 0 aliphatic heterocycles. The van der Waals surface area contributed by atoms with Crippen LogP contribution in [0, 0.1) is 44.6 Å². The minimum atomic E-state index is -0.417. The van der Waals surface area contributed by atoms with Crippen molar-refractivity contribution in [3.63, 3.8) is 0 Å². The van der Waals surface area contributed by atoms with E-state index in [0.29, 0.717) is 0 Å². The topological polar surface area (TPSA) is 59.4 Å². The van der Waals surface area contributed by atoms with Gasteiger partial charge in [-0.1, -0.05) is 61.5 Å². The van der Waals surface area contributed by atoms with Gasteiger partial charge in [0.2, 0.25) is 0 Å². The number of carbonyl (C=O) groups excluding carboxylic acids is 1. The molecule has 1 aromatic heterocycles. The number of nitrogens with zero attached hydrogens (tertiary/aromatic N) is 1. The van der Waals surface area contributed by atoms with E-state index in [-0.39, 0.29) is 37.1 Å². The molecule has 3 rings (SSSR count). The van der Waals surface area contributed by atoms with Crippen LogP contribution in [0.15, 0.2) is 42.2 Å². The van der Waals surface area contributed by atoms with Gasteiger partial charge in [-0.15, -0.1) is 34.9 Å². The molecule has 5 heteroatoms. The van der Waals surface area contributed by atoms with Crippen LogP contribution in [0.1, 0.15) is 63.8 Å². The van der Waals surface area contributed by atoms with Crippen molar-refractivity contribution in [3.05, 3.63) is 70.5 Å². The van der Waals surface area contributed by atoms with Crippen molar-refractivity contribution in [1.29, 1.82) is 0 Å². The van der Waals surface area contributed by atoms with Crippen LogP contribution in [0.25, 0.3) is 22.2 Å². The number of methoxy groups -OCH3 is 1. The molecule has 1 N–H and O–H groups in total. The number of ketones is 1. The number of aliphatic hydroxyl groups excluding tert-OH is 1. The largest absolute Gasteiger partial charge is 0.512 e. The Morgan fingerprint density at radius 3 is 2.00 bits per heavy atom. The molecule has 0 saturated heterocycles. The van der Waals surface area contributed by atoms with Crippen LogP contribution in [0.2, 0.25) is 0 Å². The van der Waals surface area contributed by atoms with Gasteiger partial charge in [0, 0.05) is 48.1 Å². The first-order valence-corrected chi connectivity index (χ1v) is 12.0. The van der Waals surface area contributed by atoms with Gasteiger partial charge in [0.15, 0.2) is 5.78 Å². The number of aryl methyl sites for hydroxylation is 4. The quantitative estimate of drug-likeness (QED) is 0.175. The molecule has 0 bridgehead atoms. The third-order valence-corrected chi connectivity index (χ3v) is 5.65. The molecule has 0 fully saturated rings. The monoisotopic (exact) mass is 667 g/mol. The van der Waals surface area contributed by atoms with Gasteiger partial charge in [0.25, 0.3) is 0 Å². The summed E-state index contributed by atoms with van der Waals surface area (Å²) in [7, 11) is 1.69. The molecular weight excluding hydrogens is 627 g/mol. The van der Waals surface area contributed by atoms with Crippen molar-refractivity contribution in [2.75, 3.05) is 7.11 Å². The summed E-state index contributed by atoms with van der Waals surface area (Å²) in [5.74, 6) is 0.896. The van der Waals surface area contributed by atoms with Gasteiger partial charge < -0.3 is 9.84 Å². The number of ether oxygens (including phenoxy) is 1. The first kappa shape index (κ1) is 31.5. The van der Waals surface area contributed by atoms with Crippen molar-refractivity contribution in [1.82, 2.24) is 4.98 Å². The van der Waals surface area contributed by atoms with Crippen molar-refractivity contribution < 1.29 is 34.7 Å². The van der Waals surface area contributed by atoms with Gasteiger partial charge >= 0.3 is 0 Å². The van der Waals surface area contributed by atoms with E-state index >= 15 is 0 Å². The average molecular weight is 667 g/mol. The molecule has 0 spiro atoms. The van der Waals surface area contributed by atoms with Gasteiger partial charge in [-0.2, -0.15) is 0 Å². The third-order valence-electron chi connectivity index (χ3n) is 5.65. The van der Waals surface area contributed by atoms with E-state index < -0.39 is 5.41 Å². The zero-order chi connectivity index (χ0) is 26.7. The molecular formula is C31H40IrNO3-. The first-order valence-electron chi connectivity index (χ1n) is 12.0. The Morgan fingerprint density at radius 2 is 1.50 bits per heavy atom. The molecule has 1 heterocycles. The van der Waals surface area contributed by atoms with E-state index in [1.807, 2.05) is 41.5 Å². The molecule has 0 atom stereocenters. The summed E-state index contributed by atoms with van der Waals surface area (Å²) in [6.45, 7) is 19.5. The third kappa shape index (κ3) is 8.28. The molecule has 2 aromatic carbocycles. The van der Waals surface area contributed by atoms with Crippen LogP contribution >= 0.6 is 0 Å². The maximum Gasteiger partial charge on any atom is 0.164 e. The second kappa shape index (κ2) is 12.2. The Balaban J connectivity index is 0.000000402.